The van der Waals surface area contributed by atoms with Crippen LogP contribution in [0.3, 0.4) is 0 Å². The summed E-state index contributed by atoms with van der Waals surface area (Å²) in [6.07, 6.45) is 0. The highest BCUT2D eigenvalue weighted by molar-refractivity contribution is 7.92. The van der Waals surface area contributed by atoms with Crippen molar-refractivity contribution in [2.45, 2.75) is 10.1 Å². The zero-order chi connectivity index (χ0) is 15.5. The number of carbonyl (C=O) groups is 1. The van der Waals surface area contributed by atoms with Gasteiger partial charge >= 0.3 is 0 Å². The normalized spacial score (nSPS) is 12.7. The molecule has 0 saturated heterocycles. The van der Waals surface area contributed by atoms with Crippen LogP contribution >= 0.6 is 11.5 Å². The van der Waals surface area contributed by atoms with Crippen LogP contribution in [-0.4, -0.2) is 38.1 Å². The number of aromatic nitrogens is 2. The lowest BCUT2D eigenvalue weighted by Crippen LogP contribution is -2.31. The number of nitrogens with one attached hydrogen (secondary N) is 1. The first-order chi connectivity index (χ1) is 10.0. The monoisotopic (exact) mass is 327 g/mol. The van der Waals surface area contributed by atoms with Gasteiger partial charge in [0.15, 0.2) is 15.1 Å². The van der Waals surface area contributed by atoms with Gasteiger partial charge in [-0.2, -0.15) is 0 Å². The van der Waals surface area contributed by atoms with E-state index in [2.05, 4.69) is 14.9 Å². The number of likely N-dealkylation sites (N-methyl/N-ethyl adjacent to an activating group) is 1. The molecule has 0 aliphatic rings. The Labute approximate surface area is 126 Å². The summed E-state index contributed by atoms with van der Waals surface area (Å²) in [6, 6.07) is 5.83. The molecule has 0 fully saturated rings. The molecule has 0 spiro atoms. The Bertz CT molecular complexity index is 711. The second-order valence-electron chi connectivity index (χ2n) is 4.04. The van der Waals surface area contributed by atoms with Gasteiger partial charge in [-0.25, -0.2) is 8.42 Å². The molecule has 112 valence electrons. The van der Waals surface area contributed by atoms with Gasteiger partial charge in [-0.1, -0.05) is 4.49 Å². The van der Waals surface area contributed by atoms with Crippen LogP contribution in [0.2, 0.25) is 0 Å². The van der Waals surface area contributed by atoms with Crippen molar-refractivity contribution in [3.63, 3.8) is 0 Å². The van der Waals surface area contributed by atoms with Gasteiger partial charge in [-0.15, -0.1) is 5.10 Å². The molecule has 21 heavy (non-hydrogen) atoms. The number of sulfone groups is 1. The molecule has 2 rings (SSSR count). The van der Waals surface area contributed by atoms with Gasteiger partial charge < -0.3 is 10.1 Å². The van der Waals surface area contributed by atoms with Gasteiger partial charge in [-0.3, -0.25) is 4.79 Å². The lowest BCUT2D eigenvalue weighted by atomic mass is 10.3. The molecular formula is C12H13N3O4S2. The number of amides is 1. The predicted octanol–water partition coefficient (Wildman–Crippen LogP) is 0.808. The zero-order valence-corrected chi connectivity index (χ0v) is 12.9. The number of nitrogens with zero attached hydrogens (tertiary/aromatic N) is 2. The third-order valence-corrected chi connectivity index (χ3v) is 5.36. The summed E-state index contributed by atoms with van der Waals surface area (Å²) in [6.45, 7) is 0. The second-order valence-corrected chi connectivity index (χ2v) is 6.69. The van der Waals surface area contributed by atoms with Crippen molar-refractivity contribution in [2.24, 2.45) is 0 Å². The topological polar surface area (TPSA) is 98.3 Å². The Kier molecular flexibility index (Phi) is 4.53. The van der Waals surface area contributed by atoms with Gasteiger partial charge in [0.05, 0.1) is 12.0 Å². The van der Waals surface area contributed by atoms with Crippen molar-refractivity contribution in [3.05, 3.63) is 35.3 Å². The molecule has 1 aromatic carbocycles. The number of carbonyl (C=O) groups excluding carboxylic acids is 1. The summed E-state index contributed by atoms with van der Waals surface area (Å²) in [4.78, 5) is 12.0. The molecule has 1 N–H and O–H groups in total. The number of rotatable bonds is 5. The maximum absolute atomic E-state index is 12.7. The summed E-state index contributed by atoms with van der Waals surface area (Å²) in [5.41, 5.74) is 0.107. The minimum absolute atomic E-state index is 0.0184. The molecule has 0 aliphatic carbocycles. The highest BCUT2D eigenvalue weighted by atomic mass is 32.2. The minimum Gasteiger partial charge on any atom is -0.497 e. The molecule has 0 radical (unpaired) electrons. The standard InChI is InChI=1S/C12H13N3O4S2/c1-13-12(16)11(10-7-20-15-14-10)21(17,18)9-5-3-8(19-2)4-6-9/h3-7,11H,1-2H3,(H,13,16). The van der Waals surface area contributed by atoms with Crippen molar-refractivity contribution in [1.82, 2.24) is 14.9 Å². The van der Waals surface area contributed by atoms with Crippen LogP contribution in [-0.2, 0) is 14.6 Å². The number of hydrogen-bond donors (Lipinski definition) is 1. The lowest BCUT2D eigenvalue weighted by Gasteiger charge is -2.14. The lowest BCUT2D eigenvalue weighted by molar-refractivity contribution is -0.120. The molecule has 0 aliphatic heterocycles. The van der Waals surface area contributed by atoms with Gasteiger partial charge in [0, 0.05) is 12.4 Å². The Hall–Kier alpha value is -2.00. The number of benzene rings is 1. The summed E-state index contributed by atoms with van der Waals surface area (Å²) in [5, 5.41) is 6.08. The molecule has 0 bridgehead atoms. The Morgan fingerprint density at radius 3 is 2.48 bits per heavy atom. The van der Waals surface area contributed by atoms with E-state index >= 15 is 0 Å². The first-order valence-corrected chi connectivity index (χ1v) is 8.25. The maximum atomic E-state index is 12.7. The predicted molar refractivity (Wildman–Crippen MR) is 76.9 cm³/mol. The average Bonchev–Trinajstić information content (AvgIpc) is 3.00. The fourth-order valence-electron chi connectivity index (χ4n) is 1.75. The maximum Gasteiger partial charge on any atom is 0.244 e. The van der Waals surface area contributed by atoms with Gasteiger partial charge in [0.2, 0.25) is 5.91 Å². The van der Waals surface area contributed by atoms with Crippen LogP contribution in [0, 0.1) is 0 Å². The van der Waals surface area contributed by atoms with E-state index in [1.165, 1.54) is 43.8 Å². The highest BCUT2D eigenvalue weighted by Gasteiger charge is 2.37. The smallest absolute Gasteiger partial charge is 0.244 e. The van der Waals surface area contributed by atoms with E-state index in [0.29, 0.717) is 5.75 Å². The third kappa shape index (κ3) is 3.03. The summed E-state index contributed by atoms with van der Waals surface area (Å²) in [7, 11) is -1.07. The quantitative estimate of drug-likeness (QED) is 0.872. The van der Waals surface area contributed by atoms with Crippen molar-refractivity contribution < 1.29 is 17.9 Å². The number of hydrogen-bond acceptors (Lipinski definition) is 7. The summed E-state index contributed by atoms with van der Waals surface area (Å²) < 4.78 is 33.9. The summed E-state index contributed by atoms with van der Waals surface area (Å²) in [5.74, 6) is -0.126. The Morgan fingerprint density at radius 1 is 1.33 bits per heavy atom. The highest BCUT2D eigenvalue weighted by Crippen LogP contribution is 2.29. The fraction of sp³-hybridized carbons (Fsp3) is 0.250. The molecular weight excluding hydrogens is 314 g/mol. The van der Waals surface area contributed by atoms with Crippen LogP contribution in [0.15, 0.2) is 34.5 Å². The molecule has 1 atom stereocenters. The largest absolute Gasteiger partial charge is 0.497 e. The van der Waals surface area contributed by atoms with Crippen molar-refractivity contribution in [2.75, 3.05) is 14.2 Å². The van der Waals surface area contributed by atoms with E-state index < -0.39 is 21.0 Å². The molecule has 2 aromatic rings. The van der Waals surface area contributed by atoms with Crippen LogP contribution in [0.1, 0.15) is 10.9 Å². The molecule has 1 aromatic heterocycles. The van der Waals surface area contributed by atoms with E-state index in [1.807, 2.05) is 0 Å². The zero-order valence-electron chi connectivity index (χ0n) is 11.3. The first kappa shape index (κ1) is 15.4. The van der Waals surface area contributed by atoms with Gasteiger partial charge in [0.1, 0.15) is 11.4 Å². The SMILES string of the molecule is CNC(=O)C(c1csnn1)S(=O)(=O)c1ccc(OC)cc1. The van der Waals surface area contributed by atoms with Crippen LogP contribution in [0.4, 0.5) is 0 Å². The molecule has 1 heterocycles. The molecule has 7 nitrogen and oxygen atoms in total. The first-order valence-electron chi connectivity index (χ1n) is 5.87. The van der Waals surface area contributed by atoms with E-state index in [0.717, 1.165) is 11.5 Å². The van der Waals surface area contributed by atoms with Crippen LogP contribution in [0.25, 0.3) is 0 Å². The number of methoxy groups -OCH3 is 1. The second kappa shape index (κ2) is 6.19. The van der Waals surface area contributed by atoms with E-state index in [-0.39, 0.29) is 10.6 Å². The molecule has 9 heteroatoms. The molecule has 0 saturated carbocycles. The Morgan fingerprint density at radius 2 is 2.00 bits per heavy atom. The van der Waals surface area contributed by atoms with E-state index in [4.69, 9.17) is 4.74 Å². The van der Waals surface area contributed by atoms with E-state index in [9.17, 15) is 13.2 Å². The van der Waals surface area contributed by atoms with Gasteiger partial charge in [-0.05, 0) is 35.8 Å². The van der Waals surface area contributed by atoms with Crippen molar-refractivity contribution in [1.29, 1.82) is 0 Å². The number of ether oxygens (including phenoxy) is 1. The molecule has 1 amide bonds. The van der Waals surface area contributed by atoms with Crippen LogP contribution < -0.4 is 10.1 Å². The Balaban J connectivity index is 2.49. The van der Waals surface area contributed by atoms with Gasteiger partial charge in [0.25, 0.3) is 0 Å². The van der Waals surface area contributed by atoms with Crippen molar-refractivity contribution in [3.8, 4) is 5.75 Å². The minimum atomic E-state index is -3.92. The fourth-order valence-corrected chi connectivity index (χ4v) is 3.94. The average molecular weight is 327 g/mol. The van der Waals surface area contributed by atoms with E-state index in [1.54, 1.807) is 0 Å². The van der Waals surface area contributed by atoms with Crippen molar-refractivity contribution >= 4 is 27.3 Å². The third-order valence-electron chi connectivity index (χ3n) is 2.83. The summed E-state index contributed by atoms with van der Waals surface area (Å²) >= 11 is 0.988. The van der Waals surface area contributed by atoms with Crippen LogP contribution in [0.5, 0.6) is 5.75 Å². The molecule has 1 unspecified atom stereocenters.